The number of ether oxygens (including phenoxy) is 2. The third kappa shape index (κ3) is 2.63. The molecule has 0 spiro atoms. The molecule has 110 valence electrons. The number of aromatic nitrogens is 2. The second kappa shape index (κ2) is 5.52. The van der Waals surface area contributed by atoms with Crippen molar-refractivity contribution in [2.75, 3.05) is 6.79 Å². The van der Waals surface area contributed by atoms with Crippen LogP contribution in [0.5, 0.6) is 11.5 Å². The van der Waals surface area contributed by atoms with Gasteiger partial charge >= 0.3 is 0 Å². The van der Waals surface area contributed by atoms with Crippen LogP contribution in [-0.4, -0.2) is 16.8 Å². The van der Waals surface area contributed by atoms with Gasteiger partial charge in [-0.3, -0.25) is 0 Å². The van der Waals surface area contributed by atoms with Gasteiger partial charge in [0.05, 0.1) is 5.02 Å². The van der Waals surface area contributed by atoms with E-state index in [4.69, 9.17) is 44.3 Å². The molecule has 4 nitrogen and oxygen atoms in total. The maximum absolute atomic E-state index is 6.21. The number of fused-ring (bicyclic) bond motifs is 1. The first kappa shape index (κ1) is 14.7. The fourth-order valence-electron chi connectivity index (χ4n) is 2.12. The predicted octanol–water partition coefficient (Wildman–Crippen LogP) is 4.96. The molecule has 0 radical (unpaired) electrons. The van der Waals surface area contributed by atoms with E-state index in [0.29, 0.717) is 38.2 Å². The first-order valence-electron chi connectivity index (χ1n) is 6.30. The van der Waals surface area contributed by atoms with Crippen LogP contribution in [0.25, 0.3) is 11.4 Å². The zero-order valence-electron chi connectivity index (χ0n) is 11.3. The highest BCUT2D eigenvalue weighted by Gasteiger charge is 2.21. The second-order valence-electron chi connectivity index (χ2n) is 4.89. The molecule has 0 bridgehead atoms. The van der Waals surface area contributed by atoms with Crippen molar-refractivity contribution >= 4 is 34.8 Å². The summed E-state index contributed by atoms with van der Waals surface area (Å²) >= 11 is 18.6. The molecule has 0 fully saturated rings. The fraction of sp³-hybridized carbons (Fsp3) is 0.286. The van der Waals surface area contributed by atoms with Crippen molar-refractivity contribution in [1.29, 1.82) is 0 Å². The number of hydrogen-bond donors (Lipinski definition) is 0. The fourth-order valence-corrected chi connectivity index (χ4v) is 3.21. The summed E-state index contributed by atoms with van der Waals surface area (Å²) < 4.78 is 10.6. The van der Waals surface area contributed by atoms with Gasteiger partial charge in [-0.05, 0) is 18.1 Å². The minimum absolute atomic E-state index is 0.138. The lowest BCUT2D eigenvalue weighted by Gasteiger charge is -2.11. The van der Waals surface area contributed by atoms with Crippen LogP contribution in [0, 0.1) is 0 Å². The van der Waals surface area contributed by atoms with E-state index in [1.165, 1.54) is 0 Å². The Morgan fingerprint density at radius 1 is 1.05 bits per heavy atom. The summed E-state index contributed by atoms with van der Waals surface area (Å²) in [5.41, 5.74) is 1.40. The van der Waals surface area contributed by atoms with Crippen molar-refractivity contribution in [2.45, 2.75) is 19.8 Å². The highest BCUT2D eigenvalue weighted by Crippen LogP contribution is 2.42. The molecule has 0 saturated heterocycles. The molecule has 0 atom stereocenters. The summed E-state index contributed by atoms with van der Waals surface area (Å²) in [6, 6.07) is 3.46. The van der Waals surface area contributed by atoms with Gasteiger partial charge in [0.2, 0.25) is 6.79 Å². The summed E-state index contributed by atoms with van der Waals surface area (Å²) in [5.74, 6) is 1.62. The standard InChI is InChI=1S/C14H11Cl3N2O2/c1-6(2)10-12(16)18-14(19-13(10)17)7-3-8(15)11-9(4-7)20-5-21-11/h3-4,6H,5H2,1-2H3. The minimum atomic E-state index is 0.138. The maximum Gasteiger partial charge on any atom is 0.231 e. The summed E-state index contributed by atoms with van der Waals surface area (Å²) in [6.07, 6.45) is 0. The average Bonchev–Trinajstić information content (AvgIpc) is 2.86. The van der Waals surface area contributed by atoms with Gasteiger partial charge in [0.15, 0.2) is 17.3 Å². The van der Waals surface area contributed by atoms with Gasteiger partial charge in [0.1, 0.15) is 10.3 Å². The Labute approximate surface area is 137 Å². The average molecular weight is 346 g/mol. The first-order chi connectivity index (χ1) is 9.97. The second-order valence-corrected chi connectivity index (χ2v) is 6.01. The summed E-state index contributed by atoms with van der Waals surface area (Å²) in [5, 5.41) is 1.12. The molecule has 0 aliphatic carbocycles. The van der Waals surface area contributed by atoms with Crippen molar-refractivity contribution in [3.05, 3.63) is 33.0 Å². The molecule has 0 unspecified atom stereocenters. The third-order valence-corrected chi connectivity index (χ3v) is 3.97. The molecular formula is C14H11Cl3N2O2. The van der Waals surface area contributed by atoms with E-state index in [1.54, 1.807) is 12.1 Å². The molecule has 1 aliphatic heterocycles. The predicted molar refractivity (Wildman–Crippen MR) is 82.7 cm³/mol. The van der Waals surface area contributed by atoms with Crippen LogP contribution in [0.3, 0.4) is 0 Å². The molecule has 1 aromatic carbocycles. The Bertz CT molecular complexity index is 697. The van der Waals surface area contributed by atoms with Crippen LogP contribution >= 0.6 is 34.8 Å². The monoisotopic (exact) mass is 344 g/mol. The highest BCUT2D eigenvalue weighted by molar-refractivity contribution is 6.35. The maximum atomic E-state index is 6.21. The smallest absolute Gasteiger partial charge is 0.231 e. The van der Waals surface area contributed by atoms with Crippen LogP contribution in [0.2, 0.25) is 15.3 Å². The van der Waals surface area contributed by atoms with Crippen molar-refractivity contribution in [1.82, 2.24) is 9.97 Å². The van der Waals surface area contributed by atoms with E-state index in [0.717, 1.165) is 5.56 Å². The largest absolute Gasteiger partial charge is 0.454 e. The number of hydrogen-bond acceptors (Lipinski definition) is 4. The molecule has 2 heterocycles. The van der Waals surface area contributed by atoms with E-state index < -0.39 is 0 Å². The van der Waals surface area contributed by atoms with E-state index in [2.05, 4.69) is 9.97 Å². The van der Waals surface area contributed by atoms with E-state index in [-0.39, 0.29) is 12.7 Å². The zero-order valence-corrected chi connectivity index (χ0v) is 13.6. The number of halogens is 3. The SMILES string of the molecule is CC(C)c1c(Cl)nc(-c2cc(Cl)c3c(c2)OCO3)nc1Cl. The minimum Gasteiger partial charge on any atom is -0.454 e. The van der Waals surface area contributed by atoms with Crippen molar-refractivity contribution < 1.29 is 9.47 Å². The molecule has 7 heteroatoms. The highest BCUT2D eigenvalue weighted by atomic mass is 35.5. The lowest BCUT2D eigenvalue weighted by atomic mass is 10.1. The summed E-state index contributed by atoms with van der Waals surface area (Å²) in [7, 11) is 0. The van der Waals surface area contributed by atoms with Crippen molar-refractivity contribution in [2.24, 2.45) is 0 Å². The van der Waals surface area contributed by atoms with E-state index in [9.17, 15) is 0 Å². The zero-order chi connectivity index (χ0) is 15.1. The molecule has 0 N–H and O–H groups in total. The van der Waals surface area contributed by atoms with Crippen LogP contribution in [0.4, 0.5) is 0 Å². The van der Waals surface area contributed by atoms with Gasteiger partial charge in [-0.25, -0.2) is 9.97 Å². The van der Waals surface area contributed by atoms with E-state index in [1.807, 2.05) is 13.8 Å². The van der Waals surface area contributed by atoms with Crippen LogP contribution < -0.4 is 9.47 Å². The van der Waals surface area contributed by atoms with Gasteiger partial charge in [-0.2, -0.15) is 0 Å². The van der Waals surface area contributed by atoms with Crippen LogP contribution in [0.15, 0.2) is 12.1 Å². The van der Waals surface area contributed by atoms with E-state index >= 15 is 0 Å². The normalized spacial score (nSPS) is 13.0. The topological polar surface area (TPSA) is 44.2 Å². The van der Waals surface area contributed by atoms with Gasteiger partial charge in [0.25, 0.3) is 0 Å². The molecule has 3 rings (SSSR count). The summed E-state index contributed by atoms with van der Waals surface area (Å²) in [6.45, 7) is 4.11. The molecule has 21 heavy (non-hydrogen) atoms. The third-order valence-electron chi connectivity index (χ3n) is 3.12. The first-order valence-corrected chi connectivity index (χ1v) is 7.43. The number of nitrogens with zero attached hydrogens (tertiary/aromatic N) is 2. The van der Waals surface area contributed by atoms with Crippen LogP contribution in [0.1, 0.15) is 25.3 Å². The van der Waals surface area contributed by atoms with Crippen molar-refractivity contribution in [3.63, 3.8) is 0 Å². The Morgan fingerprint density at radius 3 is 2.33 bits per heavy atom. The Balaban J connectivity index is 2.12. The van der Waals surface area contributed by atoms with Crippen molar-refractivity contribution in [3.8, 4) is 22.9 Å². The van der Waals surface area contributed by atoms with Gasteiger partial charge in [-0.1, -0.05) is 48.7 Å². The molecule has 1 aromatic heterocycles. The van der Waals surface area contributed by atoms with Gasteiger partial charge in [-0.15, -0.1) is 0 Å². The van der Waals surface area contributed by atoms with Gasteiger partial charge < -0.3 is 9.47 Å². The molecule has 0 saturated carbocycles. The molecular weight excluding hydrogens is 335 g/mol. The van der Waals surface area contributed by atoms with Gasteiger partial charge in [0, 0.05) is 11.1 Å². The molecule has 2 aromatic rings. The molecule has 1 aliphatic rings. The number of rotatable bonds is 2. The Morgan fingerprint density at radius 2 is 1.71 bits per heavy atom. The lowest BCUT2D eigenvalue weighted by Crippen LogP contribution is -1.99. The Kier molecular flexibility index (Phi) is 3.86. The number of benzene rings is 1. The van der Waals surface area contributed by atoms with Crippen LogP contribution in [-0.2, 0) is 0 Å². The Hall–Kier alpha value is -1.23. The summed E-state index contributed by atoms with van der Waals surface area (Å²) in [4.78, 5) is 8.61. The lowest BCUT2D eigenvalue weighted by molar-refractivity contribution is 0.174. The molecule has 0 amide bonds. The quantitative estimate of drug-likeness (QED) is 0.722.